The minimum atomic E-state index is -0.909. The third kappa shape index (κ3) is 1.29. The first-order valence-electron chi connectivity index (χ1n) is 4.76. The SMILES string of the molecule is NCc1nn2c(c1C(=O)O)CCCC2. The van der Waals surface area contributed by atoms with Crippen LogP contribution in [0.2, 0.25) is 0 Å². The van der Waals surface area contributed by atoms with E-state index in [1.165, 1.54) is 0 Å². The van der Waals surface area contributed by atoms with Crippen LogP contribution in [0.25, 0.3) is 0 Å². The molecule has 1 aromatic rings. The van der Waals surface area contributed by atoms with Crippen molar-refractivity contribution in [2.75, 3.05) is 0 Å². The Morgan fingerprint density at radius 1 is 1.57 bits per heavy atom. The lowest BCUT2D eigenvalue weighted by molar-refractivity contribution is 0.0694. The fourth-order valence-corrected chi connectivity index (χ4v) is 1.93. The van der Waals surface area contributed by atoms with Crippen LogP contribution in [0.4, 0.5) is 0 Å². The summed E-state index contributed by atoms with van der Waals surface area (Å²) in [4.78, 5) is 11.0. The van der Waals surface area contributed by atoms with Gasteiger partial charge >= 0.3 is 5.97 Å². The smallest absolute Gasteiger partial charge is 0.339 e. The number of fused-ring (bicyclic) bond motifs is 1. The quantitative estimate of drug-likeness (QED) is 0.714. The van der Waals surface area contributed by atoms with Crippen LogP contribution in [0.3, 0.4) is 0 Å². The number of carboxylic acid groups (broad SMARTS) is 1. The molecule has 2 rings (SSSR count). The molecule has 2 heterocycles. The van der Waals surface area contributed by atoms with E-state index in [-0.39, 0.29) is 6.54 Å². The highest BCUT2D eigenvalue weighted by Gasteiger charge is 2.23. The summed E-state index contributed by atoms with van der Waals surface area (Å²) < 4.78 is 1.79. The van der Waals surface area contributed by atoms with Crippen LogP contribution in [-0.2, 0) is 19.5 Å². The van der Waals surface area contributed by atoms with Gasteiger partial charge in [0.25, 0.3) is 0 Å². The molecule has 0 aliphatic carbocycles. The molecule has 0 saturated carbocycles. The Bertz CT molecular complexity index is 370. The van der Waals surface area contributed by atoms with E-state index >= 15 is 0 Å². The maximum absolute atomic E-state index is 11.0. The molecular weight excluding hydrogens is 182 g/mol. The maximum atomic E-state index is 11.0. The molecule has 0 aromatic carbocycles. The summed E-state index contributed by atoms with van der Waals surface area (Å²) in [5.74, 6) is -0.909. The molecule has 1 aromatic heterocycles. The topological polar surface area (TPSA) is 81.1 Å². The summed E-state index contributed by atoms with van der Waals surface area (Å²) in [5.41, 5.74) is 7.13. The van der Waals surface area contributed by atoms with Crippen LogP contribution in [0, 0.1) is 0 Å². The zero-order valence-electron chi connectivity index (χ0n) is 7.86. The predicted octanol–water partition coefficient (Wildman–Crippen LogP) is 0.376. The van der Waals surface area contributed by atoms with Crippen molar-refractivity contribution in [3.05, 3.63) is 17.0 Å². The van der Waals surface area contributed by atoms with E-state index in [9.17, 15) is 4.79 Å². The summed E-state index contributed by atoms with van der Waals surface area (Å²) in [6.07, 6.45) is 2.91. The number of aromatic carboxylic acids is 1. The molecule has 76 valence electrons. The van der Waals surface area contributed by atoms with E-state index in [0.29, 0.717) is 11.3 Å². The van der Waals surface area contributed by atoms with Gasteiger partial charge in [0, 0.05) is 13.1 Å². The molecule has 0 saturated heterocycles. The minimum Gasteiger partial charge on any atom is -0.478 e. The van der Waals surface area contributed by atoms with Crippen molar-refractivity contribution in [1.29, 1.82) is 0 Å². The monoisotopic (exact) mass is 195 g/mol. The first-order valence-corrected chi connectivity index (χ1v) is 4.76. The Balaban J connectivity index is 2.53. The lowest BCUT2D eigenvalue weighted by Gasteiger charge is -2.13. The highest BCUT2D eigenvalue weighted by Crippen LogP contribution is 2.21. The molecule has 5 heteroatoms. The molecule has 3 N–H and O–H groups in total. The van der Waals surface area contributed by atoms with Crippen molar-refractivity contribution < 1.29 is 9.90 Å². The molecule has 0 spiro atoms. The molecule has 0 fully saturated rings. The first-order chi connectivity index (χ1) is 6.74. The molecule has 14 heavy (non-hydrogen) atoms. The van der Waals surface area contributed by atoms with E-state index in [0.717, 1.165) is 31.5 Å². The standard InChI is InChI=1S/C9H13N3O2/c10-5-6-8(9(13)14)7-3-1-2-4-12(7)11-6/h1-5,10H2,(H,13,14). The normalized spacial score (nSPS) is 15.2. The average molecular weight is 195 g/mol. The zero-order chi connectivity index (χ0) is 10.1. The van der Waals surface area contributed by atoms with E-state index in [1.807, 2.05) is 0 Å². The minimum absolute atomic E-state index is 0.196. The van der Waals surface area contributed by atoms with Gasteiger partial charge < -0.3 is 10.8 Å². The molecule has 5 nitrogen and oxygen atoms in total. The van der Waals surface area contributed by atoms with Gasteiger partial charge in [-0.25, -0.2) is 4.79 Å². The molecule has 0 unspecified atom stereocenters. The van der Waals surface area contributed by atoms with Gasteiger partial charge in [-0.3, -0.25) is 4.68 Å². The Kier molecular flexibility index (Phi) is 2.25. The highest BCUT2D eigenvalue weighted by atomic mass is 16.4. The molecule has 0 atom stereocenters. The number of carboxylic acids is 1. The fourth-order valence-electron chi connectivity index (χ4n) is 1.93. The molecule has 1 aliphatic heterocycles. The molecule has 0 bridgehead atoms. The van der Waals surface area contributed by atoms with Crippen molar-refractivity contribution in [1.82, 2.24) is 9.78 Å². The third-order valence-corrected chi connectivity index (χ3v) is 2.57. The van der Waals surface area contributed by atoms with Crippen molar-refractivity contribution in [2.24, 2.45) is 5.73 Å². The summed E-state index contributed by atoms with van der Waals surface area (Å²) >= 11 is 0. The Hall–Kier alpha value is -1.36. The Morgan fingerprint density at radius 2 is 2.36 bits per heavy atom. The summed E-state index contributed by atoms with van der Waals surface area (Å²) in [6, 6.07) is 0. The first kappa shape index (κ1) is 9.21. The number of hydrogen-bond donors (Lipinski definition) is 2. The highest BCUT2D eigenvalue weighted by molar-refractivity contribution is 5.90. The number of nitrogens with zero attached hydrogens (tertiary/aromatic N) is 2. The van der Waals surface area contributed by atoms with Crippen LogP contribution in [0.5, 0.6) is 0 Å². The second kappa shape index (κ2) is 3.42. The Morgan fingerprint density at radius 3 is 3.00 bits per heavy atom. The molecule has 0 radical (unpaired) electrons. The molecule has 1 aliphatic rings. The van der Waals surface area contributed by atoms with Crippen LogP contribution in [0.15, 0.2) is 0 Å². The third-order valence-electron chi connectivity index (χ3n) is 2.57. The lowest BCUT2D eigenvalue weighted by atomic mass is 10.1. The van der Waals surface area contributed by atoms with Crippen LogP contribution >= 0.6 is 0 Å². The number of aryl methyl sites for hydroxylation is 1. The zero-order valence-corrected chi connectivity index (χ0v) is 7.86. The second-order valence-electron chi connectivity index (χ2n) is 3.46. The second-order valence-corrected chi connectivity index (χ2v) is 3.46. The van der Waals surface area contributed by atoms with E-state index in [1.54, 1.807) is 4.68 Å². The van der Waals surface area contributed by atoms with Gasteiger partial charge in [0.15, 0.2) is 0 Å². The van der Waals surface area contributed by atoms with Crippen molar-refractivity contribution in [2.45, 2.75) is 32.4 Å². The van der Waals surface area contributed by atoms with Gasteiger partial charge in [-0.05, 0) is 19.3 Å². The lowest BCUT2D eigenvalue weighted by Crippen LogP contribution is -2.13. The largest absolute Gasteiger partial charge is 0.478 e. The average Bonchev–Trinajstić information content (AvgIpc) is 2.55. The van der Waals surface area contributed by atoms with Gasteiger partial charge in [-0.1, -0.05) is 0 Å². The van der Waals surface area contributed by atoms with Crippen LogP contribution < -0.4 is 5.73 Å². The maximum Gasteiger partial charge on any atom is 0.339 e. The summed E-state index contributed by atoms with van der Waals surface area (Å²) in [6.45, 7) is 1.01. The molecule has 0 amide bonds. The number of aromatic nitrogens is 2. The van der Waals surface area contributed by atoms with Crippen LogP contribution in [0.1, 0.15) is 34.6 Å². The van der Waals surface area contributed by atoms with Crippen molar-refractivity contribution in [3.8, 4) is 0 Å². The number of carbonyl (C=O) groups is 1. The van der Waals surface area contributed by atoms with Gasteiger partial charge in [0.05, 0.1) is 11.4 Å². The Labute approximate surface area is 81.5 Å². The van der Waals surface area contributed by atoms with Gasteiger partial charge in [-0.15, -0.1) is 0 Å². The van der Waals surface area contributed by atoms with Crippen molar-refractivity contribution in [3.63, 3.8) is 0 Å². The summed E-state index contributed by atoms with van der Waals surface area (Å²) in [5, 5.41) is 13.2. The van der Waals surface area contributed by atoms with E-state index in [4.69, 9.17) is 10.8 Å². The summed E-state index contributed by atoms with van der Waals surface area (Å²) in [7, 11) is 0. The molecular formula is C9H13N3O2. The van der Waals surface area contributed by atoms with E-state index < -0.39 is 5.97 Å². The van der Waals surface area contributed by atoms with Gasteiger partial charge in [0.2, 0.25) is 0 Å². The van der Waals surface area contributed by atoms with Crippen LogP contribution in [-0.4, -0.2) is 20.9 Å². The fraction of sp³-hybridized carbons (Fsp3) is 0.556. The number of rotatable bonds is 2. The van der Waals surface area contributed by atoms with Crippen molar-refractivity contribution >= 4 is 5.97 Å². The van der Waals surface area contributed by atoms with Gasteiger partial charge in [-0.2, -0.15) is 5.10 Å². The number of nitrogens with two attached hydrogens (primary N) is 1. The predicted molar refractivity (Wildman–Crippen MR) is 50.0 cm³/mol. The number of hydrogen-bond acceptors (Lipinski definition) is 3. The van der Waals surface area contributed by atoms with Gasteiger partial charge in [0.1, 0.15) is 5.56 Å². The van der Waals surface area contributed by atoms with E-state index in [2.05, 4.69) is 5.10 Å².